The molecule has 4 saturated carbocycles. The first kappa shape index (κ1) is 21.4. The van der Waals surface area contributed by atoms with Gasteiger partial charge in [-0.15, -0.1) is 0 Å². The van der Waals surface area contributed by atoms with Gasteiger partial charge in [0, 0.05) is 13.0 Å². The molecule has 0 radical (unpaired) electrons. The first-order chi connectivity index (χ1) is 15.4. The van der Waals surface area contributed by atoms with E-state index in [0.717, 1.165) is 24.8 Å². The van der Waals surface area contributed by atoms with Gasteiger partial charge >= 0.3 is 11.9 Å². The summed E-state index contributed by atoms with van der Waals surface area (Å²) in [6.07, 6.45) is 6.04. The third kappa shape index (κ3) is 3.81. The Balaban J connectivity index is 1.25. The van der Waals surface area contributed by atoms with E-state index in [9.17, 15) is 19.5 Å². The number of esters is 2. The van der Waals surface area contributed by atoms with Crippen molar-refractivity contribution >= 4 is 17.8 Å². The van der Waals surface area contributed by atoms with E-state index in [4.69, 9.17) is 4.74 Å². The molecule has 0 unspecified atom stereocenters. The molecule has 1 aromatic rings. The molecule has 4 bridgehead atoms. The SMILES string of the molecule is COC(=O)c1ccc(COC(=O)[C@H]2C[C@H](O)CN2C(=O)C23CC4CC(CC(C4)C2)C3)cc1. The molecular formula is C25H31NO6. The van der Waals surface area contributed by atoms with Gasteiger partial charge in [-0.3, -0.25) is 4.79 Å². The van der Waals surface area contributed by atoms with Gasteiger partial charge in [-0.1, -0.05) is 12.1 Å². The van der Waals surface area contributed by atoms with E-state index in [1.807, 2.05) is 0 Å². The van der Waals surface area contributed by atoms with Gasteiger partial charge in [-0.25, -0.2) is 9.59 Å². The summed E-state index contributed by atoms with van der Waals surface area (Å²) in [5.41, 5.74) is 0.818. The summed E-state index contributed by atoms with van der Waals surface area (Å²) in [6, 6.07) is 5.93. The summed E-state index contributed by atoms with van der Waals surface area (Å²) in [6.45, 7) is 0.250. The van der Waals surface area contributed by atoms with Gasteiger partial charge in [-0.05, 0) is 74.0 Å². The molecule has 0 aromatic heterocycles. The quantitative estimate of drug-likeness (QED) is 0.707. The Bertz CT molecular complexity index is 874. The number of ether oxygens (including phenoxy) is 2. The highest BCUT2D eigenvalue weighted by Gasteiger charge is 2.57. The predicted molar refractivity (Wildman–Crippen MR) is 114 cm³/mol. The number of methoxy groups -OCH3 is 1. The van der Waals surface area contributed by atoms with Gasteiger partial charge < -0.3 is 19.5 Å². The van der Waals surface area contributed by atoms with Crippen LogP contribution in [0.2, 0.25) is 0 Å². The summed E-state index contributed by atoms with van der Waals surface area (Å²) in [5.74, 6) is 1.06. The van der Waals surface area contributed by atoms with Crippen molar-refractivity contribution in [2.75, 3.05) is 13.7 Å². The molecule has 32 heavy (non-hydrogen) atoms. The van der Waals surface area contributed by atoms with Gasteiger partial charge in [0.1, 0.15) is 12.6 Å². The van der Waals surface area contributed by atoms with E-state index >= 15 is 0 Å². The Kier molecular flexibility index (Phi) is 5.48. The molecule has 1 saturated heterocycles. The Morgan fingerprint density at radius 3 is 2.16 bits per heavy atom. The molecule has 1 amide bonds. The molecule has 7 heteroatoms. The van der Waals surface area contributed by atoms with E-state index in [1.54, 1.807) is 29.2 Å². The van der Waals surface area contributed by atoms with Crippen molar-refractivity contribution in [1.82, 2.24) is 4.90 Å². The Hall–Kier alpha value is -2.41. The van der Waals surface area contributed by atoms with Crippen molar-refractivity contribution in [1.29, 1.82) is 0 Å². The second-order valence-electron chi connectivity index (χ2n) is 10.4. The van der Waals surface area contributed by atoms with E-state index in [1.165, 1.54) is 26.4 Å². The predicted octanol–water partition coefficient (Wildman–Crippen LogP) is 2.69. The van der Waals surface area contributed by atoms with Crippen molar-refractivity contribution in [3.8, 4) is 0 Å². The maximum atomic E-state index is 13.7. The average Bonchev–Trinajstić information content (AvgIpc) is 3.17. The minimum absolute atomic E-state index is 0.0479. The average molecular weight is 442 g/mol. The number of carbonyl (C=O) groups excluding carboxylic acids is 3. The maximum absolute atomic E-state index is 13.7. The zero-order valence-corrected chi connectivity index (χ0v) is 18.5. The molecule has 1 heterocycles. The van der Waals surface area contributed by atoms with E-state index < -0.39 is 24.1 Å². The van der Waals surface area contributed by atoms with Crippen molar-refractivity contribution in [3.63, 3.8) is 0 Å². The summed E-state index contributed by atoms with van der Waals surface area (Å²) in [7, 11) is 1.32. The molecule has 5 fully saturated rings. The summed E-state index contributed by atoms with van der Waals surface area (Å²) in [5, 5.41) is 10.3. The molecular weight excluding hydrogens is 410 g/mol. The smallest absolute Gasteiger partial charge is 0.337 e. The van der Waals surface area contributed by atoms with Gasteiger partial charge in [0.05, 0.1) is 24.2 Å². The van der Waals surface area contributed by atoms with Crippen molar-refractivity contribution in [2.24, 2.45) is 23.2 Å². The van der Waals surface area contributed by atoms with E-state index in [0.29, 0.717) is 23.3 Å². The minimum atomic E-state index is -0.736. The lowest BCUT2D eigenvalue weighted by atomic mass is 9.49. The van der Waals surface area contributed by atoms with Crippen LogP contribution < -0.4 is 0 Å². The Labute approximate surface area is 188 Å². The van der Waals surface area contributed by atoms with E-state index in [-0.39, 0.29) is 30.9 Å². The lowest BCUT2D eigenvalue weighted by Crippen LogP contribution is -2.56. The second-order valence-corrected chi connectivity index (χ2v) is 10.4. The van der Waals surface area contributed by atoms with Crippen molar-refractivity contribution in [3.05, 3.63) is 35.4 Å². The molecule has 4 aliphatic carbocycles. The highest BCUT2D eigenvalue weighted by molar-refractivity contribution is 5.90. The third-order valence-corrected chi connectivity index (χ3v) is 8.06. The number of hydrogen-bond donors (Lipinski definition) is 1. The number of amides is 1. The maximum Gasteiger partial charge on any atom is 0.337 e. The highest BCUT2D eigenvalue weighted by Crippen LogP contribution is 2.60. The fraction of sp³-hybridized carbons (Fsp3) is 0.640. The van der Waals surface area contributed by atoms with Crippen LogP contribution in [0.3, 0.4) is 0 Å². The van der Waals surface area contributed by atoms with Crippen LogP contribution in [0.25, 0.3) is 0 Å². The van der Waals surface area contributed by atoms with Gasteiger partial charge in [-0.2, -0.15) is 0 Å². The van der Waals surface area contributed by atoms with Crippen LogP contribution in [0.4, 0.5) is 0 Å². The number of aliphatic hydroxyl groups is 1. The van der Waals surface area contributed by atoms with Gasteiger partial charge in [0.15, 0.2) is 0 Å². The number of benzene rings is 1. The fourth-order valence-electron chi connectivity index (χ4n) is 7.04. The normalized spacial score (nSPS) is 35.1. The van der Waals surface area contributed by atoms with Crippen LogP contribution >= 0.6 is 0 Å². The molecule has 6 rings (SSSR count). The first-order valence-electron chi connectivity index (χ1n) is 11.7. The van der Waals surface area contributed by atoms with Gasteiger partial charge in [0.25, 0.3) is 0 Å². The first-order valence-corrected chi connectivity index (χ1v) is 11.7. The lowest BCUT2D eigenvalue weighted by Gasteiger charge is -2.56. The van der Waals surface area contributed by atoms with Crippen LogP contribution in [-0.2, 0) is 25.7 Å². The molecule has 7 nitrogen and oxygen atoms in total. The number of aliphatic hydroxyl groups excluding tert-OH is 1. The number of nitrogens with zero attached hydrogens (tertiary/aromatic N) is 1. The Morgan fingerprint density at radius 2 is 1.59 bits per heavy atom. The number of likely N-dealkylation sites (tertiary alicyclic amines) is 1. The van der Waals surface area contributed by atoms with Crippen LogP contribution in [0.1, 0.15) is 60.9 Å². The largest absolute Gasteiger partial charge is 0.465 e. The molecule has 1 aliphatic heterocycles. The zero-order valence-electron chi connectivity index (χ0n) is 18.5. The standard InChI is InChI=1S/C25H31NO6/c1-31-22(28)19-4-2-15(3-5-19)14-32-23(29)21-9-20(27)13-26(21)24(30)25-10-16-6-17(11-25)8-18(7-16)12-25/h2-5,16-18,20-21,27H,6-14H2,1H3/t16?,17?,18?,20-,21+,25?/m0/s1. The number of hydrogen-bond acceptors (Lipinski definition) is 6. The summed E-state index contributed by atoms with van der Waals surface area (Å²) >= 11 is 0. The summed E-state index contributed by atoms with van der Waals surface area (Å²) in [4.78, 5) is 39.8. The van der Waals surface area contributed by atoms with E-state index in [2.05, 4.69) is 4.74 Å². The molecule has 1 aromatic carbocycles. The van der Waals surface area contributed by atoms with Crippen LogP contribution in [0.5, 0.6) is 0 Å². The number of carbonyl (C=O) groups is 3. The monoisotopic (exact) mass is 441 g/mol. The number of β-amino-alcohol motifs (C(OH)–C–C–N with tert-alkyl or cyclic N) is 1. The van der Waals surface area contributed by atoms with Crippen molar-refractivity contribution in [2.45, 2.75) is 63.7 Å². The topological polar surface area (TPSA) is 93.1 Å². The minimum Gasteiger partial charge on any atom is -0.465 e. The van der Waals surface area contributed by atoms with Crippen LogP contribution in [0.15, 0.2) is 24.3 Å². The summed E-state index contributed by atoms with van der Waals surface area (Å²) < 4.78 is 10.2. The highest BCUT2D eigenvalue weighted by atomic mass is 16.5. The van der Waals surface area contributed by atoms with Gasteiger partial charge in [0.2, 0.25) is 5.91 Å². The fourth-order valence-corrected chi connectivity index (χ4v) is 7.04. The Morgan fingerprint density at radius 1 is 1.00 bits per heavy atom. The second kappa shape index (κ2) is 8.18. The lowest BCUT2D eigenvalue weighted by molar-refractivity contribution is -0.166. The molecule has 5 aliphatic rings. The van der Waals surface area contributed by atoms with Crippen molar-refractivity contribution < 1.29 is 29.0 Å². The van der Waals surface area contributed by atoms with Crippen LogP contribution in [-0.4, -0.2) is 53.7 Å². The molecule has 2 atom stereocenters. The molecule has 172 valence electrons. The number of rotatable bonds is 5. The molecule has 0 spiro atoms. The van der Waals surface area contributed by atoms with Crippen LogP contribution in [0, 0.1) is 23.2 Å². The zero-order chi connectivity index (χ0) is 22.5. The molecule has 1 N–H and O–H groups in total. The third-order valence-electron chi connectivity index (χ3n) is 8.06.